The summed E-state index contributed by atoms with van der Waals surface area (Å²) in [5, 5.41) is 14.6. The zero-order valence-corrected chi connectivity index (χ0v) is 14.3. The van der Waals surface area contributed by atoms with Crippen LogP contribution in [0.25, 0.3) is 0 Å². The van der Waals surface area contributed by atoms with E-state index >= 15 is 0 Å². The maximum absolute atomic E-state index is 12.2. The van der Waals surface area contributed by atoms with Crippen molar-refractivity contribution in [2.24, 2.45) is 0 Å². The van der Waals surface area contributed by atoms with Gasteiger partial charge in [-0.05, 0) is 38.1 Å². The Bertz CT molecular complexity index is 760. The molecule has 1 unspecified atom stereocenters. The third-order valence-electron chi connectivity index (χ3n) is 3.77. The van der Waals surface area contributed by atoms with Crippen molar-refractivity contribution < 1.29 is 9.53 Å². The van der Waals surface area contributed by atoms with Crippen LogP contribution < -0.4 is 10.1 Å². The van der Waals surface area contributed by atoms with Crippen molar-refractivity contribution >= 4 is 17.4 Å². The number of nitriles is 1. The number of carbonyl (C=O) groups excluding carboxylic acids is 1. The van der Waals surface area contributed by atoms with Crippen molar-refractivity contribution in [2.45, 2.75) is 26.0 Å². The summed E-state index contributed by atoms with van der Waals surface area (Å²) in [7, 11) is 0. The van der Waals surface area contributed by atoms with E-state index in [0.29, 0.717) is 24.4 Å². The van der Waals surface area contributed by atoms with Crippen molar-refractivity contribution in [3.05, 3.63) is 45.9 Å². The van der Waals surface area contributed by atoms with Gasteiger partial charge >= 0.3 is 6.03 Å². The molecule has 0 bridgehead atoms. The van der Waals surface area contributed by atoms with Gasteiger partial charge in [0.15, 0.2) is 0 Å². The molecule has 2 aromatic rings. The minimum absolute atomic E-state index is 0.0129. The summed E-state index contributed by atoms with van der Waals surface area (Å²) in [5.41, 5.74) is 1.57. The SMILES string of the molecule is Cc1csc(C(C)NC(=O)N2CC(Oc3ccc(C#N)cc3)C2)n1. The van der Waals surface area contributed by atoms with Crippen LogP contribution in [0.3, 0.4) is 0 Å². The molecule has 7 heteroatoms. The fraction of sp³-hybridized carbons (Fsp3) is 0.353. The molecule has 0 aliphatic carbocycles. The summed E-state index contributed by atoms with van der Waals surface area (Å²) in [5.74, 6) is 0.714. The van der Waals surface area contributed by atoms with E-state index in [0.717, 1.165) is 10.7 Å². The molecule has 6 nitrogen and oxygen atoms in total. The van der Waals surface area contributed by atoms with Crippen molar-refractivity contribution in [1.29, 1.82) is 5.26 Å². The van der Waals surface area contributed by atoms with Crippen LogP contribution in [0.15, 0.2) is 29.6 Å². The Hall–Kier alpha value is -2.59. The van der Waals surface area contributed by atoms with E-state index < -0.39 is 0 Å². The van der Waals surface area contributed by atoms with Gasteiger partial charge in [-0.1, -0.05) is 0 Å². The second kappa shape index (κ2) is 6.89. The molecule has 1 aliphatic rings. The third kappa shape index (κ3) is 3.66. The molecule has 2 heterocycles. The number of benzene rings is 1. The summed E-state index contributed by atoms with van der Waals surface area (Å²) >= 11 is 1.55. The Morgan fingerprint density at radius 3 is 2.75 bits per heavy atom. The highest BCUT2D eigenvalue weighted by Gasteiger charge is 2.33. The summed E-state index contributed by atoms with van der Waals surface area (Å²) < 4.78 is 5.78. The second-order valence-corrected chi connectivity index (χ2v) is 6.67. The average molecular weight is 342 g/mol. The molecular weight excluding hydrogens is 324 g/mol. The quantitative estimate of drug-likeness (QED) is 0.927. The lowest BCUT2D eigenvalue weighted by atomic mass is 10.1. The molecule has 0 radical (unpaired) electrons. The van der Waals surface area contributed by atoms with Crippen molar-refractivity contribution in [2.75, 3.05) is 13.1 Å². The number of nitrogens with zero attached hydrogens (tertiary/aromatic N) is 3. The largest absolute Gasteiger partial charge is 0.487 e. The fourth-order valence-corrected chi connectivity index (χ4v) is 3.19. The molecule has 24 heavy (non-hydrogen) atoms. The summed E-state index contributed by atoms with van der Waals surface area (Å²) in [6.07, 6.45) is -0.0129. The number of urea groups is 1. The molecule has 124 valence electrons. The number of amides is 2. The number of nitrogens with one attached hydrogen (secondary N) is 1. The molecule has 1 fully saturated rings. The normalized spacial score (nSPS) is 15.3. The van der Waals surface area contributed by atoms with Crippen molar-refractivity contribution in [3.8, 4) is 11.8 Å². The van der Waals surface area contributed by atoms with E-state index in [2.05, 4.69) is 16.4 Å². The predicted octanol–water partition coefficient (Wildman–Crippen LogP) is 2.86. The van der Waals surface area contributed by atoms with Crippen LogP contribution in [0.5, 0.6) is 5.75 Å². The summed E-state index contributed by atoms with van der Waals surface area (Å²) in [6.45, 7) is 4.97. The summed E-state index contributed by atoms with van der Waals surface area (Å²) in [6, 6.07) is 8.85. The summed E-state index contributed by atoms with van der Waals surface area (Å²) in [4.78, 5) is 18.3. The number of aryl methyl sites for hydroxylation is 1. The number of aromatic nitrogens is 1. The van der Waals surface area contributed by atoms with E-state index in [1.807, 2.05) is 19.2 Å². The highest BCUT2D eigenvalue weighted by atomic mass is 32.1. The Morgan fingerprint density at radius 1 is 1.46 bits per heavy atom. The van der Waals surface area contributed by atoms with E-state index in [-0.39, 0.29) is 18.2 Å². The molecule has 1 saturated heterocycles. The van der Waals surface area contributed by atoms with E-state index in [1.165, 1.54) is 0 Å². The van der Waals surface area contributed by atoms with Gasteiger partial charge in [-0.15, -0.1) is 11.3 Å². The number of carbonyl (C=O) groups is 1. The first-order valence-electron chi connectivity index (χ1n) is 7.69. The highest BCUT2D eigenvalue weighted by molar-refractivity contribution is 7.09. The monoisotopic (exact) mass is 342 g/mol. The second-order valence-electron chi connectivity index (χ2n) is 5.78. The van der Waals surface area contributed by atoms with Crippen LogP contribution in [-0.4, -0.2) is 35.1 Å². The standard InChI is InChI=1S/C17H18N4O2S/c1-11-10-24-16(19-11)12(2)20-17(22)21-8-15(9-21)23-14-5-3-13(7-18)4-6-14/h3-6,10,12,15H,8-9H2,1-2H3,(H,20,22). The molecule has 0 spiro atoms. The fourth-order valence-electron chi connectivity index (χ4n) is 2.39. The van der Waals surface area contributed by atoms with Crippen LogP contribution in [0.2, 0.25) is 0 Å². The minimum atomic E-state index is -0.102. The van der Waals surface area contributed by atoms with Gasteiger partial charge in [0, 0.05) is 11.1 Å². The number of likely N-dealkylation sites (tertiary alicyclic amines) is 1. The van der Waals surface area contributed by atoms with E-state index in [1.54, 1.807) is 40.5 Å². The van der Waals surface area contributed by atoms with E-state index in [9.17, 15) is 4.79 Å². The minimum Gasteiger partial charge on any atom is -0.487 e. The molecule has 3 rings (SSSR count). The van der Waals surface area contributed by atoms with Gasteiger partial charge in [-0.2, -0.15) is 5.26 Å². The van der Waals surface area contributed by atoms with Crippen LogP contribution in [0, 0.1) is 18.3 Å². The van der Waals surface area contributed by atoms with Crippen molar-refractivity contribution in [1.82, 2.24) is 15.2 Å². The molecule has 1 aromatic carbocycles. The maximum Gasteiger partial charge on any atom is 0.318 e. The number of thiazole rings is 1. The van der Waals surface area contributed by atoms with Gasteiger partial charge in [0.1, 0.15) is 16.9 Å². The molecule has 1 aromatic heterocycles. The Balaban J connectivity index is 1.45. The van der Waals surface area contributed by atoms with Crippen LogP contribution in [0.1, 0.15) is 29.2 Å². The smallest absolute Gasteiger partial charge is 0.318 e. The Labute approximate surface area is 144 Å². The lowest BCUT2D eigenvalue weighted by Crippen LogP contribution is -2.59. The van der Waals surface area contributed by atoms with Gasteiger partial charge in [-0.25, -0.2) is 9.78 Å². The van der Waals surface area contributed by atoms with Crippen LogP contribution in [-0.2, 0) is 0 Å². The van der Waals surface area contributed by atoms with Gasteiger partial charge < -0.3 is 15.0 Å². The highest BCUT2D eigenvalue weighted by Crippen LogP contribution is 2.21. The van der Waals surface area contributed by atoms with Crippen LogP contribution in [0.4, 0.5) is 4.79 Å². The zero-order valence-electron chi connectivity index (χ0n) is 13.5. The molecule has 2 amide bonds. The lowest BCUT2D eigenvalue weighted by Gasteiger charge is -2.39. The molecule has 0 saturated carbocycles. The number of hydrogen-bond acceptors (Lipinski definition) is 5. The van der Waals surface area contributed by atoms with Crippen LogP contribution >= 0.6 is 11.3 Å². The third-order valence-corrected chi connectivity index (χ3v) is 4.91. The molecule has 1 aliphatic heterocycles. The number of rotatable bonds is 4. The lowest BCUT2D eigenvalue weighted by molar-refractivity contribution is 0.0436. The number of ether oxygens (including phenoxy) is 1. The number of hydrogen-bond donors (Lipinski definition) is 1. The van der Waals surface area contributed by atoms with Gasteiger partial charge in [0.25, 0.3) is 0 Å². The predicted molar refractivity (Wildman–Crippen MR) is 90.9 cm³/mol. The molecule has 1 atom stereocenters. The van der Waals surface area contributed by atoms with Crippen molar-refractivity contribution in [3.63, 3.8) is 0 Å². The first-order chi connectivity index (χ1) is 11.5. The van der Waals surface area contributed by atoms with Gasteiger partial charge in [0.05, 0.1) is 30.8 Å². The Kier molecular flexibility index (Phi) is 4.67. The topological polar surface area (TPSA) is 78.3 Å². The maximum atomic E-state index is 12.2. The van der Waals surface area contributed by atoms with Gasteiger partial charge in [0.2, 0.25) is 0 Å². The zero-order chi connectivity index (χ0) is 17.1. The average Bonchev–Trinajstić information content (AvgIpc) is 2.97. The molecule has 1 N–H and O–H groups in total. The van der Waals surface area contributed by atoms with Gasteiger partial charge in [-0.3, -0.25) is 0 Å². The first kappa shape index (κ1) is 16.3. The first-order valence-corrected chi connectivity index (χ1v) is 8.57. The Morgan fingerprint density at radius 2 is 2.17 bits per heavy atom. The van der Waals surface area contributed by atoms with E-state index in [4.69, 9.17) is 10.00 Å². The molecular formula is C17H18N4O2S.